The van der Waals surface area contributed by atoms with Gasteiger partial charge in [0.25, 0.3) is 0 Å². The Morgan fingerprint density at radius 1 is 1.33 bits per heavy atom. The minimum absolute atomic E-state index is 0.215. The van der Waals surface area contributed by atoms with E-state index in [2.05, 4.69) is 0 Å². The molecule has 15 heavy (non-hydrogen) atoms. The Bertz CT molecular complexity index is 321. The second-order valence-electron chi connectivity index (χ2n) is 3.37. The Balaban J connectivity index is 2.32. The van der Waals surface area contributed by atoms with E-state index in [-0.39, 0.29) is 12.2 Å². The summed E-state index contributed by atoms with van der Waals surface area (Å²) < 4.78 is 12.5. The van der Waals surface area contributed by atoms with Gasteiger partial charge in [0.05, 0.1) is 0 Å². The number of carboxylic acids is 1. The quantitative estimate of drug-likeness (QED) is 0.779. The summed E-state index contributed by atoms with van der Waals surface area (Å²) in [6.45, 7) is 0. The third kappa shape index (κ3) is 4.08. The van der Waals surface area contributed by atoms with Crippen LogP contribution in [0.15, 0.2) is 24.3 Å². The van der Waals surface area contributed by atoms with Gasteiger partial charge in [-0.2, -0.15) is 0 Å². The number of hydrogen-bond donors (Lipinski definition) is 2. The van der Waals surface area contributed by atoms with Crippen LogP contribution < -0.4 is 0 Å². The van der Waals surface area contributed by atoms with Gasteiger partial charge in [0.1, 0.15) is 5.82 Å². The average molecular weight is 212 g/mol. The van der Waals surface area contributed by atoms with E-state index in [1.165, 1.54) is 12.1 Å². The molecule has 0 saturated heterocycles. The number of hydrogen-bond acceptors (Lipinski definition) is 2. The molecule has 1 aromatic carbocycles. The summed E-state index contributed by atoms with van der Waals surface area (Å²) in [5.41, 5.74) is 0.939. The van der Waals surface area contributed by atoms with Crippen molar-refractivity contribution in [3.63, 3.8) is 0 Å². The summed E-state index contributed by atoms with van der Waals surface area (Å²) in [5.74, 6) is -1.49. The maximum atomic E-state index is 12.5. The third-order valence-electron chi connectivity index (χ3n) is 2.14. The molecule has 0 amide bonds. The summed E-state index contributed by atoms with van der Waals surface area (Å²) in [6, 6.07) is 6.04. The molecule has 0 saturated carbocycles. The molecule has 0 spiro atoms. The monoisotopic (exact) mass is 212 g/mol. The molecule has 0 aliphatic carbocycles. The summed E-state index contributed by atoms with van der Waals surface area (Å²) in [6.07, 6.45) is 0.127. The van der Waals surface area contributed by atoms with Gasteiger partial charge in [-0.1, -0.05) is 12.1 Å². The van der Waals surface area contributed by atoms with E-state index in [0.717, 1.165) is 5.56 Å². The maximum Gasteiger partial charge on any atom is 0.332 e. The van der Waals surface area contributed by atoms with E-state index in [1.807, 2.05) is 0 Å². The molecule has 0 unspecified atom stereocenters. The second-order valence-corrected chi connectivity index (χ2v) is 3.37. The van der Waals surface area contributed by atoms with Gasteiger partial charge in [-0.05, 0) is 37.0 Å². The zero-order chi connectivity index (χ0) is 11.3. The van der Waals surface area contributed by atoms with E-state index in [4.69, 9.17) is 10.2 Å². The molecule has 4 heteroatoms. The minimum atomic E-state index is -1.30. The molecule has 0 aromatic heterocycles. The van der Waals surface area contributed by atoms with Crippen LogP contribution >= 0.6 is 0 Å². The maximum absolute atomic E-state index is 12.5. The molecule has 82 valence electrons. The second kappa shape index (κ2) is 5.46. The van der Waals surface area contributed by atoms with Crippen molar-refractivity contribution in [2.24, 2.45) is 0 Å². The third-order valence-corrected chi connectivity index (χ3v) is 2.14. The molecule has 1 atom stereocenters. The van der Waals surface area contributed by atoms with Crippen LogP contribution in [0.3, 0.4) is 0 Å². The molecular weight excluding hydrogens is 199 g/mol. The number of aliphatic carboxylic acids is 1. The van der Waals surface area contributed by atoms with Crippen LogP contribution in [0.5, 0.6) is 0 Å². The van der Waals surface area contributed by atoms with Crippen molar-refractivity contribution < 1.29 is 19.4 Å². The van der Waals surface area contributed by atoms with Crippen LogP contribution in [0.2, 0.25) is 0 Å². The molecule has 0 bridgehead atoms. The van der Waals surface area contributed by atoms with Gasteiger partial charge in [0, 0.05) is 0 Å². The highest BCUT2D eigenvalue weighted by Crippen LogP contribution is 2.08. The van der Waals surface area contributed by atoms with Gasteiger partial charge < -0.3 is 10.2 Å². The molecule has 2 N–H and O–H groups in total. The first-order chi connectivity index (χ1) is 7.09. The zero-order valence-corrected chi connectivity index (χ0v) is 8.19. The fourth-order valence-corrected chi connectivity index (χ4v) is 1.27. The van der Waals surface area contributed by atoms with E-state index in [9.17, 15) is 9.18 Å². The summed E-state index contributed by atoms with van der Waals surface area (Å²) in [5, 5.41) is 17.4. The van der Waals surface area contributed by atoms with E-state index < -0.39 is 12.1 Å². The normalized spacial score (nSPS) is 12.4. The summed E-state index contributed by atoms with van der Waals surface area (Å²) in [7, 11) is 0. The van der Waals surface area contributed by atoms with Crippen molar-refractivity contribution in [3.8, 4) is 0 Å². The largest absolute Gasteiger partial charge is 0.479 e. The van der Waals surface area contributed by atoms with Gasteiger partial charge in [-0.25, -0.2) is 9.18 Å². The van der Waals surface area contributed by atoms with Crippen LogP contribution in [-0.2, 0) is 11.2 Å². The predicted octanol–water partition coefficient (Wildman–Crippen LogP) is 1.59. The Labute approximate surface area is 87.2 Å². The van der Waals surface area contributed by atoms with Gasteiger partial charge in [-0.3, -0.25) is 0 Å². The predicted molar refractivity (Wildman–Crippen MR) is 53.0 cm³/mol. The lowest BCUT2D eigenvalue weighted by Crippen LogP contribution is -2.19. The number of aryl methyl sites for hydroxylation is 1. The fraction of sp³-hybridized carbons (Fsp3) is 0.364. The van der Waals surface area contributed by atoms with Crippen molar-refractivity contribution in [2.75, 3.05) is 0 Å². The van der Waals surface area contributed by atoms with Gasteiger partial charge in [0.2, 0.25) is 0 Å². The van der Waals surface area contributed by atoms with Gasteiger partial charge >= 0.3 is 5.97 Å². The molecule has 1 aromatic rings. The first-order valence-electron chi connectivity index (χ1n) is 4.75. The topological polar surface area (TPSA) is 57.5 Å². The first kappa shape index (κ1) is 11.7. The molecule has 0 aliphatic heterocycles. The summed E-state index contributed by atoms with van der Waals surface area (Å²) >= 11 is 0. The molecule has 0 heterocycles. The Kier molecular flexibility index (Phi) is 4.24. The lowest BCUT2D eigenvalue weighted by molar-refractivity contribution is -0.146. The zero-order valence-electron chi connectivity index (χ0n) is 8.19. The fourth-order valence-electron chi connectivity index (χ4n) is 1.27. The smallest absolute Gasteiger partial charge is 0.332 e. The van der Waals surface area contributed by atoms with E-state index in [0.29, 0.717) is 12.8 Å². The van der Waals surface area contributed by atoms with E-state index in [1.54, 1.807) is 12.1 Å². The van der Waals surface area contributed by atoms with Crippen LogP contribution in [0, 0.1) is 5.82 Å². The summed E-state index contributed by atoms with van der Waals surface area (Å²) in [4.78, 5) is 10.3. The van der Waals surface area contributed by atoms with Gasteiger partial charge in [0.15, 0.2) is 6.10 Å². The van der Waals surface area contributed by atoms with E-state index >= 15 is 0 Å². The number of carboxylic acid groups (broad SMARTS) is 1. The lowest BCUT2D eigenvalue weighted by atomic mass is 10.1. The Morgan fingerprint density at radius 3 is 2.47 bits per heavy atom. The van der Waals surface area contributed by atoms with Gasteiger partial charge in [-0.15, -0.1) is 0 Å². The molecule has 1 rings (SSSR count). The van der Waals surface area contributed by atoms with Crippen molar-refractivity contribution in [1.82, 2.24) is 0 Å². The number of benzene rings is 1. The minimum Gasteiger partial charge on any atom is -0.479 e. The molecular formula is C11H13FO3. The molecule has 0 radical (unpaired) electrons. The number of aliphatic hydroxyl groups excluding tert-OH is 1. The van der Waals surface area contributed by atoms with Crippen molar-refractivity contribution >= 4 is 5.97 Å². The van der Waals surface area contributed by atoms with Crippen LogP contribution in [0.1, 0.15) is 18.4 Å². The highest BCUT2D eigenvalue weighted by atomic mass is 19.1. The average Bonchev–Trinajstić information content (AvgIpc) is 2.20. The Morgan fingerprint density at radius 2 is 1.93 bits per heavy atom. The Hall–Kier alpha value is -1.42. The van der Waals surface area contributed by atoms with Crippen LogP contribution in [0.4, 0.5) is 4.39 Å². The number of carbonyl (C=O) groups is 1. The standard InChI is InChI=1S/C11H13FO3/c12-9-6-4-8(5-7-9)2-1-3-10(13)11(14)15/h4-7,10,13H,1-3H2,(H,14,15)/t10-/m0/s1. The van der Waals surface area contributed by atoms with Crippen LogP contribution in [-0.4, -0.2) is 22.3 Å². The molecule has 3 nitrogen and oxygen atoms in total. The van der Waals surface area contributed by atoms with Crippen molar-refractivity contribution in [2.45, 2.75) is 25.4 Å². The van der Waals surface area contributed by atoms with Crippen molar-refractivity contribution in [3.05, 3.63) is 35.6 Å². The van der Waals surface area contributed by atoms with Crippen molar-refractivity contribution in [1.29, 1.82) is 0 Å². The first-order valence-corrected chi connectivity index (χ1v) is 4.75. The number of aliphatic hydroxyl groups is 1. The molecule has 0 fully saturated rings. The number of halogens is 1. The number of rotatable bonds is 5. The lowest BCUT2D eigenvalue weighted by Gasteiger charge is -2.04. The van der Waals surface area contributed by atoms with Crippen LogP contribution in [0.25, 0.3) is 0 Å². The SMILES string of the molecule is O=C(O)[C@@H](O)CCCc1ccc(F)cc1. The molecule has 0 aliphatic rings. The highest BCUT2D eigenvalue weighted by molar-refractivity contribution is 5.71. The highest BCUT2D eigenvalue weighted by Gasteiger charge is 2.11.